The summed E-state index contributed by atoms with van der Waals surface area (Å²) in [5.74, 6) is -0.336. The Morgan fingerprint density at radius 1 is 1.57 bits per heavy atom. The molecule has 0 spiro atoms. The highest BCUT2D eigenvalue weighted by Gasteiger charge is 2.11. The molecule has 0 radical (unpaired) electrons. The predicted molar refractivity (Wildman–Crippen MR) is 63.1 cm³/mol. The molecule has 0 heterocycles. The third kappa shape index (κ3) is 2.92. The normalized spacial score (nSPS) is 12.4. The van der Waals surface area contributed by atoms with Gasteiger partial charge in [-0.3, -0.25) is 4.79 Å². The van der Waals surface area contributed by atoms with E-state index in [2.05, 4.69) is 15.9 Å². The van der Waals surface area contributed by atoms with Crippen molar-refractivity contribution in [3.63, 3.8) is 0 Å². The summed E-state index contributed by atoms with van der Waals surface area (Å²) in [6, 6.07) is 5.55. The van der Waals surface area contributed by atoms with Crippen molar-refractivity contribution >= 4 is 39.3 Å². The van der Waals surface area contributed by atoms with E-state index in [-0.39, 0.29) is 11.2 Å². The maximum absolute atomic E-state index is 10.8. The van der Waals surface area contributed by atoms with Gasteiger partial charge >= 0.3 is 0 Å². The Morgan fingerprint density at radius 2 is 2.21 bits per heavy atom. The summed E-state index contributed by atoms with van der Waals surface area (Å²) >= 11 is 4.68. The second-order valence-electron chi connectivity index (χ2n) is 2.84. The molecule has 1 atom stereocenters. The number of nitrogen functional groups attached to an aromatic ring is 1. The number of nitrogens with two attached hydrogens (primary N) is 2. The quantitative estimate of drug-likeness (QED) is 0.654. The number of benzene rings is 1. The van der Waals surface area contributed by atoms with E-state index in [1.807, 2.05) is 12.1 Å². The van der Waals surface area contributed by atoms with Gasteiger partial charge in [0.05, 0.1) is 5.25 Å². The fourth-order valence-electron chi connectivity index (χ4n) is 0.875. The minimum atomic E-state index is -0.336. The number of halogens is 1. The zero-order chi connectivity index (χ0) is 10.7. The summed E-state index contributed by atoms with van der Waals surface area (Å²) in [5.41, 5.74) is 11.6. The topological polar surface area (TPSA) is 69.1 Å². The molecule has 0 saturated carbocycles. The van der Waals surface area contributed by atoms with E-state index >= 15 is 0 Å². The molecule has 1 rings (SSSR count). The molecule has 1 aromatic rings. The van der Waals surface area contributed by atoms with Gasteiger partial charge in [-0.15, -0.1) is 11.8 Å². The first kappa shape index (κ1) is 11.4. The number of hydrogen-bond donors (Lipinski definition) is 2. The number of carbonyl (C=O) groups is 1. The molecule has 0 aliphatic carbocycles. The summed E-state index contributed by atoms with van der Waals surface area (Å²) < 4.78 is 0.922. The maximum atomic E-state index is 10.8. The average Bonchev–Trinajstić information content (AvgIpc) is 2.09. The lowest BCUT2D eigenvalue weighted by Crippen LogP contribution is -2.22. The van der Waals surface area contributed by atoms with Gasteiger partial charge in [0.25, 0.3) is 0 Å². The zero-order valence-corrected chi connectivity index (χ0v) is 10.1. The van der Waals surface area contributed by atoms with E-state index in [0.717, 1.165) is 9.37 Å². The summed E-state index contributed by atoms with van der Waals surface area (Å²) in [4.78, 5) is 11.7. The average molecular weight is 275 g/mol. The molecular formula is C9H11BrN2OS. The molecule has 0 saturated heterocycles. The summed E-state index contributed by atoms with van der Waals surface area (Å²) in [6.07, 6.45) is 0. The van der Waals surface area contributed by atoms with E-state index in [1.165, 1.54) is 11.8 Å². The van der Waals surface area contributed by atoms with Crippen LogP contribution in [0.5, 0.6) is 0 Å². The molecule has 4 N–H and O–H groups in total. The number of primary amides is 1. The van der Waals surface area contributed by atoms with Crippen LogP contribution in [0.15, 0.2) is 27.6 Å². The van der Waals surface area contributed by atoms with Crippen molar-refractivity contribution in [3.05, 3.63) is 22.7 Å². The second-order valence-corrected chi connectivity index (χ2v) is 5.14. The second kappa shape index (κ2) is 4.70. The lowest BCUT2D eigenvalue weighted by Gasteiger charge is -2.09. The van der Waals surface area contributed by atoms with Gasteiger partial charge in [-0.25, -0.2) is 0 Å². The number of rotatable bonds is 3. The van der Waals surface area contributed by atoms with Crippen LogP contribution in [-0.4, -0.2) is 11.2 Å². The highest BCUT2D eigenvalue weighted by molar-refractivity contribution is 9.10. The van der Waals surface area contributed by atoms with Crippen LogP contribution in [0.3, 0.4) is 0 Å². The molecule has 76 valence electrons. The van der Waals surface area contributed by atoms with Crippen molar-refractivity contribution in [1.29, 1.82) is 0 Å². The Hall–Kier alpha value is -0.680. The van der Waals surface area contributed by atoms with E-state index in [1.54, 1.807) is 13.0 Å². The first-order valence-corrected chi connectivity index (χ1v) is 5.69. The van der Waals surface area contributed by atoms with E-state index in [4.69, 9.17) is 11.5 Å². The summed E-state index contributed by atoms with van der Waals surface area (Å²) in [5, 5.41) is -0.265. The predicted octanol–water partition coefficient (Wildman–Crippen LogP) is 2.00. The largest absolute Gasteiger partial charge is 0.398 e. The fourth-order valence-corrected chi connectivity index (χ4v) is 2.09. The lowest BCUT2D eigenvalue weighted by atomic mass is 10.3. The van der Waals surface area contributed by atoms with E-state index in [9.17, 15) is 4.79 Å². The third-order valence-electron chi connectivity index (χ3n) is 1.68. The Morgan fingerprint density at radius 3 is 2.71 bits per heavy atom. The van der Waals surface area contributed by atoms with Crippen molar-refractivity contribution in [1.82, 2.24) is 0 Å². The molecule has 3 nitrogen and oxygen atoms in total. The van der Waals surface area contributed by atoms with Gasteiger partial charge in [0.1, 0.15) is 0 Å². The van der Waals surface area contributed by atoms with Crippen LogP contribution < -0.4 is 11.5 Å². The SMILES string of the molecule is CC(Sc1ccc(Br)cc1N)C(N)=O. The first-order valence-electron chi connectivity index (χ1n) is 4.01. The number of anilines is 1. The number of thioether (sulfide) groups is 1. The van der Waals surface area contributed by atoms with Gasteiger partial charge in [-0.05, 0) is 25.1 Å². The van der Waals surface area contributed by atoms with Crippen molar-refractivity contribution < 1.29 is 4.79 Å². The third-order valence-corrected chi connectivity index (χ3v) is 3.38. The molecule has 1 unspecified atom stereocenters. The molecule has 1 amide bonds. The lowest BCUT2D eigenvalue weighted by molar-refractivity contribution is -0.117. The van der Waals surface area contributed by atoms with Gasteiger partial charge < -0.3 is 11.5 Å². The van der Waals surface area contributed by atoms with Gasteiger partial charge in [0, 0.05) is 15.1 Å². The highest BCUT2D eigenvalue weighted by atomic mass is 79.9. The number of hydrogen-bond acceptors (Lipinski definition) is 3. The molecule has 5 heteroatoms. The maximum Gasteiger partial charge on any atom is 0.230 e. The standard InChI is InChI=1S/C9H11BrN2OS/c1-5(9(12)13)14-8-3-2-6(10)4-7(8)11/h2-5H,11H2,1H3,(H2,12,13). The number of amides is 1. The van der Waals surface area contributed by atoms with Gasteiger partial charge in [-0.2, -0.15) is 0 Å². The van der Waals surface area contributed by atoms with E-state index < -0.39 is 0 Å². The van der Waals surface area contributed by atoms with Crippen LogP contribution in [0.2, 0.25) is 0 Å². The Balaban J connectivity index is 2.82. The van der Waals surface area contributed by atoms with Gasteiger partial charge in [0.15, 0.2) is 0 Å². The highest BCUT2D eigenvalue weighted by Crippen LogP contribution is 2.30. The molecule has 0 aromatic heterocycles. The summed E-state index contributed by atoms with van der Waals surface area (Å²) in [7, 11) is 0. The van der Waals surface area contributed by atoms with Crippen LogP contribution in [0.1, 0.15) is 6.92 Å². The van der Waals surface area contributed by atoms with Crippen LogP contribution >= 0.6 is 27.7 Å². The summed E-state index contributed by atoms with van der Waals surface area (Å²) in [6.45, 7) is 1.76. The number of carbonyl (C=O) groups excluding carboxylic acids is 1. The van der Waals surface area contributed by atoms with Crippen molar-refractivity contribution in [3.8, 4) is 0 Å². The first-order chi connectivity index (χ1) is 6.50. The molecule has 0 aliphatic heterocycles. The smallest absolute Gasteiger partial charge is 0.230 e. The fraction of sp³-hybridized carbons (Fsp3) is 0.222. The monoisotopic (exact) mass is 274 g/mol. The van der Waals surface area contributed by atoms with Crippen molar-refractivity contribution in [2.24, 2.45) is 5.73 Å². The van der Waals surface area contributed by atoms with Gasteiger partial charge in [-0.1, -0.05) is 15.9 Å². The van der Waals surface area contributed by atoms with Gasteiger partial charge in [0.2, 0.25) is 5.91 Å². The Kier molecular flexibility index (Phi) is 3.83. The minimum Gasteiger partial charge on any atom is -0.398 e. The van der Waals surface area contributed by atoms with Crippen molar-refractivity contribution in [2.75, 3.05) is 5.73 Å². The molecule has 0 aliphatic rings. The molecule has 14 heavy (non-hydrogen) atoms. The molecule has 0 fully saturated rings. The molecule has 1 aromatic carbocycles. The molecular weight excluding hydrogens is 264 g/mol. The van der Waals surface area contributed by atoms with Crippen molar-refractivity contribution in [2.45, 2.75) is 17.1 Å². The Bertz CT molecular complexity index is 357. The Labute approximate surface area is 95.4 Å². The van der Waals surface area contributed by atoms with Crippen LogP contribution in [0.25, 0.3) is 0 Å². The van der Waals surface area contributed by atoms with Crippen LogP contribution in [0, 0.1) is 0 Å². The van der Waals surface area contributed by atoms with Crippen LogP contribution in [0.4, 0.5) is 5.69 Å². The zero-order valence-electron chi connectivity index (χ0n) is 7.66. The van der Waals surface area contributed by atoms with Crippen LogP contribution in [-0.2, 0) is 4.79 Å². The molecule has 0 bridgehead atoms. The minimum absolute atomic E-state index is 0.265. The van der Waals surface area contributed by atoms with E-state index in [0.29, 0.717) is 5.69 Å².